The van der Waals surface area contributed by atoms with Gasteiger partial charge in [-0.2, -0.15) is 11.8 Å². The summed E-state index contributed by atoms with van der Waals surface area (Å²) in [6.07, 6.45) is 7.07. The van der Waals surface area contributed by atoms with Crippen LogP contribution in [-0.4, -0.2) is 58.1 Å². The minimum Gasteiger partial charge on any atom is -0.355 e. The quantitative estimate of drug-likeness (QED) is 0.298. The third-order valence-electron chi connectivity index (χ3n) is 6.04. The van der Waals surface area contributed by atoms with Gasteiger partial charge in [-0.1, -0.05) is 6.42 Å². The lowest BCUT2D eigenvalue weighted by molar-refractivity contribution is -0.121. The molecule has 0 aliphatic carbocycles. The van der Waals surface area contributed by atoms with Crippen molar-refractivity contribution >= 4 is 23.7 Å². The van der Waals surface area contributed by atoms with Gasteiger partial charge in [0.2, 0.25) is 5.91 Å². The summed E-state index contributed by atoms with van der Waals surface area (Å²) in [5, 5.41) is 12.8. The summed E-state index contributed by atoms with van der Waals surface area (Å²) < 4.78 is 0. The number of aromatic nitrogens is 2. The molecule has 2 fully saturated rings. The summed E-state index contributed by atoms with van der Waals surface area (Å²) in [7, 11) is 0. The normalized spacial score (nSPS) is 21.4. The van der Waals surface area contributed by atoms with Gasteiger partial charge in [0.05, 0.1) is 23.5 Å². The molecule has 4 rings (SSSR count). The highest BCUT2D eigenvalue weighted by Gasteiger charge is 2.42. The van der Waals surface area contributed by atoms with Crippen molar-refractivity contribution in [2.75, 3.05) is 18.8 Å². The van der Waals surface area contributed by atoms with Gasteiger partial charge in [0, 0.05) is 49.5 Å². The van der Waals surface area contributed by atoms with Gasteiger partial charge in [-0.15, -0.1) is 0 Å². The first-order chi connectivity index (χ1) is 16.1. The number of carbonyl (C=O) groups excluding carboxylic acids is 2. The van der Waals surface area contributed by atoms with Crippen molar-refractivity contribution in [3.05, 3.63) is 47.8 Å². The van der Waals surface area contributed by atoms with Crippen LogP contribution >= 0.6 is 11.8 Å². The lowest BCUT2D eigenvalue weighted by Crippen LogP contribution is -2.36. The van der Waals surface area contributed by atoms with Crippen LogP contribution in [0, 0.1) is 6.92 Å². The Labute approximate surface area is 199 Å². The Morgan fingerprint density at radius 3 is 2.79 bits per heavy atom. The molecule has 2 aromatic rings. The molecular formula is C24H32N6O2S. The molecule has 0 bridgehead atoms. The first kappa shape index (κ1) is 23.5. The largest absolute Gasteiger partial charge is 0.355 e. The number of nitrogens with one attached hydrogen (secondary N) is 4. The maximum absolute atomic E-state index is 12.1. The van der Waals surface area contributed by atoms with Crippen molar-refractivity contribution in [3.8, 4) is 11.4 Å². The average Bonchev–Trinajstić information content (AvgIpc) is 3.36. The molecule has 2 aliphatic rings. The van der Waals surface area contributed by atoms with E-state index >= 15 is 0 Å². The van der Waals surface area contributed by atoms with Crippen molar-refractivity contribution < 1.29 is 9.59 Å². The number of hydrogen-bond acceptors (Lipinski definition) is 6. The molecule has 9 heteroatoms. The monoisotopic (exact) mass is 468 g/mol. The molecule has 3 atom stereocenters. The number of rotatable bonds is 11. The fraction of sp³-hybridized carbons (Fsp3) is 0.500. The first-order valence-electron chi connectivity index (χ1n) is 11.6. The van der Waals surface area contributed by atoms with Gasteiger partial charge in [0.1, 0.15) is 0 Å². The van der Waals surface area contributed by atoms with Crippen molar-refractivity contribution in [2.24, 2.45) is 0 Å². The third-order valence-corrected chi connectivity index (χ3v) is 7.54. The third kappa shape index (κ3) is 6.68. The minimum absolute atomic E-state index is 0.0454. The predicted octanol–water partition coefficient (Wildman–Crippen LogP) is 2.38. The summed E-state index contributed by atoms with van der Waals surface area (Å²) >= 11 is 1.92. The number of nitrogens with zero attached hydrogens (tertiary/aromatic N) is 2. The van der Waals surface area contributed by atoms with Crippen molar-refractivity contribution in [2.45, 2.75) is 56.5 Å². The van der Waals surface area contributed by atoms with E-state index in [-0.39, 0.29) is 24.0 Å². The molecule has 3 amide bonds. The molecule has 0 aromatic carbocycles. The molecule has 8 nitrogen and oxygen atoms in total. The van der Waals surface area contributed by atoms with Gasteiger partial charge in [0.25, 0.3) is 0 Å². The van der Waals surface area contributed by atoms with E-state index in [1.807, 2.05) is 43.0 Å². The minimum atomic E-state index is -0.0454. The zero-order chi connectivity index (χ0) is 23.0. The average molecular weight is 469 g/mol. The van der Waals surface area contributed by atoms with Crippen molar-refractivity contribution in [1.29, 1.82) is 0 Å². The van der Waals surface area contributed by atoms with Crippen LogP contribution in [0.1, 0.15) is 36.8 Å². The summed E-state index contributed by atoms with van der Waals surface area (Å²) in [5.41, 5.74) is 4.03. The number of amides is 3. The number of pyridine rings is 2. The van der Waals surface area contributed by atoms with Crippen LogP contribution < -0.4 is 21.3 Å². The Hall–Kier alpha value is -2.65. The maximum Gasteiger partial charge on any atom is 0.315 e. The molecule has 0 radical (unpaired) electrons. The van der Waals surface area contributed by atoms with Crippen molar-refractivity contribution in [1.82, 2.24) is 31.2 Å². The zero-order valence-electron chi connectivity index (χ0n) is 19.0. The second-order valence-electron chi connectivity index (χ2n) is 8.66. The van der Waals surface area contributed by atoms with Gasteiger partial charge in [0.15, 0.2) is 0 Å². The Bertz CT molecular complexity index is 971. The fourth-order valence-corrected chi connectivity index (χ4v) is 5.83. The molecule has 2 aliphatic heterocycles. The van der Waals surface area contributed by atoms with Crippen LogP contribution in [0.5, 0.6) is 0 Å². The number of fused-ring (bicyclic) bond motifs is 1. The van der Waals surface area contributed by atoms with Gasteiger partial charge in [-0.05, 0) is 55.2 Å². The number of urea groups is 1. The van der Waals surface area contributed by atoms with Gasteiger partial charge < -0.3 is 21.3 Å². The van der Waals surface area contributed by atoms with Crippen LogP contribution in [0.2, 0.25) is 0 Å². The second-order valence-corrected chi connectivity index (χ2v) is 9.93. The lowest BCUT2D eigenvalue weighted by Gasteiger charge is -2.16. The highest BCUT2D eigenvalue weighted by Crippen LogP contribution is 2.33. The predicted molar refractivity (Wildman–Crippen MR) is 131 cm³/mol. The number of hydrogen-bond donors (Lipinski definition) is 4. The van der Waals surface area contributed by atoms with E-state index in [9.17, 15) is 9.59 Å². The zero-order valence-corrected chi connectivity index (χ0v) is 19.8. The molecule has 33 heavy (non-hydrogen) atoms. The standard InChI is InChI=1S/C24H32N6O2S/c1-16-6-8-26-18(12-16)19-13-17(7-9-27-19)14-25-10-11-28-22(31)5-3-2-4-21-23-20(15-33-21)29-24(32)30-23/h6-9,12-13,20-21,23,25H,2-5,10-11,14-15H2,1H3,(H,28,31)(H2,29,30,32)/t20-,21-,23-/m0/s1. The number of carbonyl (C=O) groups is 2. The van der Waals surface area contributed by atoms with Crippen LogP contribution in [0.15, 0.2) is 36.7 Å². The second kappa shape index (κ2) is 11.5. The number of unbranched alkanes of at least 4 members (excludes halogenated alkanes) is 1. The molecule has 2 saturated heterocycles. The van der Waals surface area contributed by atoms with E-state index in [4.69, 9.17) is 0 Å². The Kier molecular flexibility index (Phi) is 8.17. The molecule has 4 heterocycles. The molecule has 2 aromatic heterocycles. The topological polar surface area (TPSA) is 108 Å². The lowest BCUT2D eigenvalue weighted by atomic mass is 10.0. The molecular weight excluding hydrogens is 436 g/mol. The van der Waals surface area contributed by atoms with Crippen LogP contribution in [-0.2, 0) is 11.3 Å². The Morgan fingerprint density at radius 2 is 1.94 bits per heavy atom. The summed E-state index contributed by atoms with van der Waals surface area (Å²) in [6, 6.07) is 8.50. The van der Waals surface area contributed by atoms with Crippen LogP contribution in [0.3, 0.4) is 0 Å². The molecule has 0 spiro atoms. The van der Waals surface area contributed by atoms with E-state index in [1.54, 1.807) is 12.4 Å². The highest BCUT2D eigenvalue weighted by molar-refractivity contribution is 8.00. The van der Waals surface area contributed by atoms with Crippen LogP contribution in [0.25, 0.3) is 11.4 Å². The highest BCUT2D eigenvalue weighted by atomic mass is 32.2. The SMILES string of the molecule is Cc1ccnc(-c2cc(CNCCNC(=O)CCCC[C@@H]3SC[C@@H]4NC(=O)N[C@@H]43)ccn2)c1. The van der Waals surface area contributed by atoms with Gasteiger partial charge in [-0.3, -0.25) is 14.8 Å². The van der Waals surface area contributed by atoms with Crippen LogP contribution in [0.4, 0.5) is 4.79 Å². The smallest absolute Gasteiger partial charge is 0.315 e. The molecule has 4 N–H and O–H groups in total. The molecule has 0 saturated carbocycles. The van der Waals surface area contributed by atoms with E-state index in [2.05, 4.69) is 31.2 Å². The van der Waals surface area contributed by atoms with E-state index in [0.29, 0.717) is 31.3 Å². The van der Waals surface area contributed by atoms with E-state index < -0.39 is 0 Å². The number of aryl methyl sites for hydroxylation is 1. The summed E-state index contributed by atoms with van der Waals surface area (Å²) in [4.78, 5) is 32.4. The summed E-state index contributed by atoms with van der Waals surface area (Å²) in [5.74, 6) is 1.08. The maximum atomic E-state index is 12.1. The van der Waals surface area contributed by atoms with Gasteiger partial charge >= 0.3 is 6.03 Å². The fourth-order valence-electron chi connectivity index (χ4n) is 4.29. The Balaban J connectivity index is 1.07. The molecule has 176 valence electrons. The van der Waals surface area contributed by atoms with E-state index in [0.717, 1.165) is 47.5 Å². The Morgan fingerprint density at radius 1 is 1.12 bits per heavy atom. The van der Waals surface area contributed by atoms with E-state index in [1.165, 1.54) is 0 Å². The number of thioether (sulfide) groups is 1. The summed E-state index contributed by atoms with van der Waals surface area (Å²) in [6.45, 7) is 4.07. The van der Waals surface area contributed by atoms with Gasteiger partial charge in [-0.25, -0.2) is 4.79 Å². The van der Waals surface area contributed by atoms with Crippen molar-refractivity contribution in [3.63, 3.8) is 0 Å². The molecule has 0 unspecified atom stereocenters. The first-order valence-corrected chi connectivity index (χ1v) is 12.7.